The highest BCUT2D eigenvalue weighted by molar-refractivity contribution is 7.89. The van der Waals surface area contributed by atoms with Crippen LogP contribution in [0.3, 0.4) is 0 Å². The average Bonchev–Trinajstić information content (AvgIpc) is 3.01. The molecule has 0 unspecified atom stereocenters. The maximum atomic E-state index is 12.4. The van der Waals surface area contributed by atoms with Crippen molar-refractivity contribution in [1.29, 1.82) is 0 Å². The first-order chi connectivity index (χ1) is 9.07. The molecule has 1 aromatic rings. The molecule has 1 heterocycles. The number of rotatable bonds is 6. The second-order valence-electron chi connectivity index (χ2n) is 5.51. The highest BCUT2D eigenvalue weighted by Crippen LogP contribution is 2.30. The van der Waals surface area contributed by atoms with Crippen LogP contribution in [0.2, 0.25) is 0 Å². The van der Waals surface area contributed by atoms with Gasteiger partial charge in [-0.1, -0.05) is 6.42 Å². The second-order valence-corrected chi connectivity index (χ2v) is 8.50. The molecule has 0 aliphatic heterocycles. The van der Waals surface area contributed by atoms with E-state index < -0.39 is 10.0 Å². The van der Waals surface area contributed by atoms with Crippen LogP contribution in [-0.4, -0.2) is 31.9 Å². The molecule has 0 radical (unpaired) electrons. The fourth-order valence-corrected chi connectivity index (χ4v) is 4.86. The molecule has 6 heteroatoms. The lowest BCUT2D eigenvalue weighted by atomic mass is 9.94. The third kappa shape index (κ3) is 2.86. The van der Waals surface area contributed by atoms with Crippen LogP contribution in [0.1, 0.15) is 37.0 Å². The van der Waals surface area contributed by atoms with Crippen molar-refractivity contribution in [1.82, 2.24) is 9.62 Å². The van der Waals surface area contributed by atoms with Gasteiger partial charge in [-0.15, -0.1) is 11.3 Å². The standard InChI is InChI=1S/C13H20N2O2S2/c1-15(11-3-2-4-11)19(16,17)13-7-12(18-9-13)8-14-10-5-6-10/h7,9-11,14H,2-6,8H2,1H3. The topological polar surface area (TPSA) is 49.4 Å². The minimum absolute atomic E-state index is 0.206. The normalized spacial score (nSPS) is 20.7. The summed E-state index contributed by atoms with van der Waals surface area (Å²) in [6.07, 6.45) is 5.64. The van der Waals surface area contributed by atoms with Gasteiger partial charge < -0.3 is 5.32 Å². The summed E-state index contributed by atoms with van der Waals surface area (Å²) in [5, 5.41) is 5.19. The smallest absolute Gasteiger partial charge is 0.243 e. The van der Waals surface area contributed by atoms with Gasteiger partial charge in [-0.05, 0) is 31.7 Å². The fraction of sp³-hybridized carbons (Fsp3) is 0.692. The van der Waals surface area contributed by atoms with E-state index in [1.807, 2.05) is 6.07 Å². The summed E-state index contributed by atoms with van der Waals surface area (Å²) in [7, 11) is -1.58. The van der Waals surface area contributed by atoms with Gasteiger partial charge in [0.1, 0.15) is 0 Å². The SMILES string of the molecule is CN(C1CCC1)S(=O)(=O)c1csc(CNC2CC2)c1. The molecule has 2 aliphatic rings. The minimum atomic E-state index is -3.29. The quantitative estimate of drug-likeness (QED) is 0.876. The van der Waals surface area contributed by atoms with Gasteiger partial charge in [0.05, 0.1) is 4.90 Å². The summed E-state index contributed by atoms with van der Waals surface area (Å²) >= 11 is 1.53. The van der Waals surface area contributed by atoms with Gasteiger partial charge in [0.25, 0.3) is 0 Å². The van der Waals surface area contributed by atoms with Crippen molar-refractivity contribution >= 4 is 21.4 Å². The zero-order chi connectivity index (χ0) is 13.5. The number of sulfonamides is 1. The zero-order valence-electron chi connectivity index (χ0n) is 11.1. The average molecular weight is 300 g/mol. The highest BCUT2D eigenvalue weighted by Gasteiger charge is 2.32. The lowest BCUT2D eigenvalue weighted by Crippen LogP contribution is -2.41. The molecule has 1 aromatic heterocycles. The molecule has 1 N–H and O–H groups in total. The number of hydrogen-bond donors (Lipinski definition) is 1. The lowest BCUT2D eigenvalue weighted by Gasteiger charge is -2.33. The van der Waals surface area contributed by atoms with Crippen LogP contribution in [0.4, 0.5) is 0 Å². The van der Waals surface area contributed by atoms with E-state index in [2.05, 4.69) is 5.32 Å². The predicted octanol–water partition coefficient (Wildman–Crippen LogP) is 2.17. The zero-order valence-corrected chi connectivity index (χ0v) is 12.8. The van der Waals surface area contributed by atoms with Crippen molar-refractivity contribution in [2.45, 2.75) is 55.6 Å². The van der Waals surface area contributed by atoms with Gasteiger partial charge in [-0.25, -0.2) is 8.42 Å². The van der Waals surface area contributed by atoms with Crippen molar-refractivity contribution < 1.29 is 8.42 Å². The summed E-state index contributed by atoms with van der Waals surface area (Å²) in [6, 6.07) is 2.68. The molecule has 0 saturated heterocycles. The number of hydrogen-bond acceptors (Lipinski definition) is 4. The summed E-state index contributed by atoms with van der Waals surface area (Å²) in [5.41, 5.74) is 0. The molecular formula is C13H20N2O2S2. The van der Waals surface area contributed by atoms with Crippen LogP contribution >= 0.6 is 11.3 Å². The molecule has 4 nitrogen and oxygen atoms in total. The van der Waals surface area contributed by atoms with Crippen LogP contribution < -0.4 is 5.32 Å². The molecule has 0 aromatic carbocycles. The molecule has 2 aliphatic carbocycles. The number of nitrogens with one attached hydrogen (secondary N) is 1. The van der Waals surface area contributed by atoms with Gasteiger partial charge in [-0.3, -0.25) is 0 Å². The summed E-state index contributed by atoms with van der Waals surface area (Å²) in [5.74, 6) is 0. The molecule has 19 heavy (non-hydrogen) atoms. The molecule has 2 saturated carbocycles. The summed E-state index contributed by atoms with van der Waals surface area (Å²) in [6.45, 7) is 0.790. The predicted molar refractivity (Wildman–Crippen MR) is 76.8 cm³/mol. The molecule has 0 atom stereocenters. The Morgan fingerprint density at radius 2 is 2.11 bits per heavy atom. The Balaban J connectivity index is 1.69. The Hall–Kier alpha value is -0.430. The molecular weight excluding hydrogens is 280 g/mol. The van der Waals surface area contributed by atoms with Crippen molar-refractivity contribution in [2.75, 3.05) is 7.05 Å². The van der Waals surface area contributed by atoms with Gasteiger partial charge in [0.15, 0.2) is 0 Å². The first kappa shape index (κ1) is 13.5. The Labute approximate surface area is 118 Å². The van der Waals surface area contributed by atoms with Gasteiger partial charge >= 0.3 is 0 Å². The lowest BCUT2D eigenvalue weighted by molar-refractivity contribution is 0.250. The first-order valence-electron chi connectivity index (χ1n) is 6.86. The molecule has 106 valence electrons. The molecule has 0 amide bonds. The van der Waals surface area contributed by atoms with Crippen LogP contribution in [0, 0.1) is 0 Å². The second kappa shape index (κ2) is 5.16. The van der Waals surface area contributed by atoms with Crippen molar-refractivity contribution in [3.8, 4) is 0 Å². The van der Waals surface area contributed by atoms with Crippen LogP contribution in [-0.2, 0) is 16.6 Å². The van der Waals surface area contributed by atoms with Crippen LogP contribution in [0.5, 0.6) is 0 Å². The van der Waals surface area contributed by atoms with Gasteiger partial charge in [0, 0.05) is 35.9 Å². The minimum Gasteiger partial charge on any atom is -0.309 e. The Kier molecular flexibility index (Phi) is 3.68. The number of thiophene rings is 1. The van der Waals surface area contributed by atoms with E-state index in [-0.39, 0.29) is 6.04 Å². The van der Waals surface area contributed by atoms with Crippen LogP contribution in [0.15, 0.2) is 16.3 Å². The number of nitrogens with zero attached hydrogens (tertiary/aromatic N) is 1. The highest BCUT2D eigenvalue weighted by atomic mass is 32.2. The van der Waals surface area contributed by atoms with E-state index >= 15 is 0 Å². The summed E-state index contributed by atoms with van der Waals surface area (Å²) in [4.78, 5) is 1.56. The maximum absolute atomic E-state index is 12.4. The first-order valence-corrected chi connectivity index (χ1v) is 9.18. The van der Waals surface area contributed by atoms with Crippen molar-refractivity contribution in [3.05, 3.63) is 16.3 Å². The Bertz CT molecular complexity index is 545. The van der Waals surface area contributed by atoms with E-state index in [0.717, 1.165) is 30.7 Å². The molecule has 2 fully saturated rings. The van der Waals surface area contributed by atoms with Crippen molar-refractivity contribution in [3.63, 3.8) is 0 Å². The van der Waals surface area contributed by atoms with Crippen molar-refractivity contribution in [2.24, 2.45) is 0 Å². The Morgan fingerprint density at radius 3 is 2.68 bits per heavy atom. The third-order valence-corrected chi connectivity index (χ3v) is 7.01. The molecule has 0 spiro atoms. The monoisotopic (exact) mass is 300 g/mol. The van der Waals surface area contributed by atoms with E-state index in [4.69, 9.17) is 0 Å². The molecule has 3 rings (SSSR count). The van der Waals surface area contributed by atoms with E-state index in [1.54, 1.807) is 16.7 Å². The fourth-order valence-electron chi connectivity index (χ4n) is 2.23. The van der Waals surface area contributed by atoms with E-state index in [1.165, 1.54) is 24.2 Å². The van der Waals surface area contributed by atoms with Gasteiger partial charge in [-0.2, -0.15) is 4.31 Å². The van der Waals surface area contributed by atoms with Gasteiger partial charge in [0.2, 0.25) is 10.0 Å². The Morgan fingerprint density at radius 1 is 1.37 bits per heavy atom. The van der Waals surface area contributed by atoms with E-state index in [9.17, 15) is 8.42 Å². The van der Waals surface area contributed by atoms with Crippen LogP contribution in [0.25, 0.3) is 0 Å². The molecule has 0 bridgehead atoms. The maximum Gasteiger partial charge on any atom is 0.243 e. The van der Waals surface area contributed by atoms with E-state index in [0.29, 0.717) is 10.9 Å². The largest absolute Gasteiger partial charge is 0.309 e. The third-order valence-electron chi connectivity index (χ3n) is 4.04. The summed E-state index contributed by atoms with van der Waals surface area (Å²) < 4.78 is 26.4.